The molecule has 22 heavy (non-hydrogen) atoms. The van der Waals surface area contributed by atoms with Gasteiger partial charge in [-0.15, -0.1) is 0 Å². The van der Waals surface area contributed by atoms with Gasteiger partial charge in [0.2, 0.25) is 5.91 Å². The van der Waals surface area contributed by atoms with Crippen LogP contribution in [0.4, 0.5) is 0 Å². The highest BCUT2D eigenvalue weighted by Gasteiger charge is 2.07. The van der Waals surface area contributed by atoms with Crippen LogP contribution in [0.2, 0.25) is 0 Å². The Balaban J connectivity index is 2.18. The SMILES string of the molecule is COCCNCCNC(=O)CNC(=O)c1ccc(OC)cc1. The number of ether oxygens (including phenoxy) is 2. The van der Waals surface area contributed by atoms with Crippen LogP contribution in [0.5, 0.6) is 5.75 Å². The van der Waals surface area contributed by atoms with Crippen molar-refractivity contribution in [2.24, 2.45) is 0 Å². The Morgan fingerprint density at radius 1 is 1.00 bits per heavy atom. The zero-order valence-corrected chi connectivity index (χ0v) is 13.0. The molecule has 3 N–H and O–H groups in total. The van der Waals surface area contributed by atoms with Gasteiger partial charge < -0.3 is 25.4 Å². The summed E-state index contributed by atoms with van der Waals surface area (Å²) in [5.74, 6) is 0.154. The zero-order chi connectivity index (χ0) is 16.2. The number of rotatable bonds is 10. The molecule has 1 rings (SSSR count). The smallest absolute Gasteiger partial charge is 0.251 e. The summed E-state index contributed by atoms with van der Waals surface area (Å²) in [7, 11) is 3.19. The molecule has 122 valence electrons. The summed E-state index contributed by atoms with van der Waals surface area (Å²) in [6.07, 6.45) is 0. The lowest BCUT2D eigenvalue weighted by molar-refractivity contribution is -0.120. The fourth-order valence-electron chi connectivity index (χ4n) is 1.66. The monoisotopic (exact) mass is 309 g/mol. The summed E-state index contributed by atoms with van der Waals surface area (Å²) < 4.78 is 9.90. The van der Waals surface area contributed by atoms with Crippen LogP contribution < -0.4 is 20.7 Å². The van der Waals surface area contributed by atoms with Crippen LogP contribution in [-0.4, -0.2) is 58.8 Å². The summed E-state index contributed by atoms with van der Waals surface area (Å²) in [4.78, 5) is 23.4. The van der Waals surface area contributed by atoms with Crippen LogP contribution in [0, 0.1) is 0 Å². The molecule has 0 heterocycles. The number of amides is 2. The van der Waals surface area contributed by atoms with E-state index in [1.54, 1.807) is 38.5 Å². The number of carbonyl (C=O) groups excluding carboxylic acids is 2. The Hall–Kier alpha value is -2.12. The molecule has 0 atom stereocenters. The lowest BCUT2D eigenvalue weighted by atomic mass is 10.2. The summed E-state index contributed by atoms with van der Waals surface area (Å²) >= 11 is 0. The van der Waals surface area contributed by atoms with Crippen LogP contribution in [0.25, 0.3) is 0 Å². The number of benzene rings is 1. The van der Waals surface area contributed by atoms with Gasteiger partial charge in [0.15, 0.2) is 0 Å². The molecule has 0 aromatic heterocycles. The largest absolute Gasteiger partial charge is 0.497 e. The first kappa shape index (κ1) is 17.9. The third-order valence-corrected chi connectivity index (χ3v) is 2.87. The van der Waals surface area contributed by atoms with E-state index in [2.05, 4.69) is 16.0 Å². The van der Waals surface area contributed by atoms with Gasteiger partial charge in [0, 0.05) is 32.3 Å². The van der Waals surface area contributed by atoms with Crippen LogP contribution in [0.15, 0.2) is 24.3 Å². The Kier molecular flexibility index (Phi) is 8.63. The van der Waals surface area contributed by atoms with Crippen LogP contribution in [-0.2, 0) is 9.53 Å². The maximum Gasteiger partial charge on any atom is 0.251 e. The van der Waals surface area contributed by atoms with E-state index >= 15 is 0 Å². The van der Waals surface area contributed by atoms with Crippen molar-refractivity contribution in [1.29, 1.82) is 0 Å². The molecule has 0 fully saturated rings. The van der Waals surface area contributed by atoms with Crippen molar-refractivity contribution in [1.82, 2.24) is 16.0 Å². The van der Waals surface area contributed by atoms with Gasteiger partial charge in [0.25, 0.3) is 5.91 Å². The van der Waals surface area contributed by atoms with Gasteiger partial charge in [-0.1, -0.05) is 0 Å². The van der Waals surface area contributed by atoms with Crippen LogP contribution >= 0.6 is 0 Å². The molecule has 1 aromatic carbocycles. The van der Waals surface area contributed by atoms with Crippen molar-refractivity contribution >= 4 is 11.8 Å². The molecule has 7 heteroatoms. The highest BCUT2D eigenvalue weighted by atomic mass is 16.5. The molecular weight excluding hydrogens is 286 g/mol. The fourth-order valence-corrected chi connectivity index (χ4v) is 1.66. The zero-order valence-electron chi connectivity index (χ0n) is 13.0. The van der Waals surface area contributed by atoms with E-state index in [-0.39, 0.29) is 18.4 Å². The van der Waals surface area contributed by atoms with Crippen molar-refractivity contribution in [3.63, 3.8) is 0 Å². The second-order valence-electron chi connectivity index (χ2n) is 4.50. The Morgan fingerprint density at radius 3 is 2.36 bits per heavy atom. The maximum atomic E-state index is 11.8. The van der Waals surface area contributed by atoms with Gasteiger partial charge in [-0.05, 0) is 24.3 Å². The number of hydrogen-bond donors (Lipinski definition) is 3. The third kappa shape index (κ3) is 7.05. The standard InChI is InChI=1S/C15H23N3O4/c1-21-10-9-16-7-8-17-14(19)11-18-15(20)12-3-5-13(22-2)6-4-12/h3-6,16H,7-11H2,1-2H3,(H,17,19)(H,18,20). The quantitative estimate of drug-likeness (QED) is 0.520. The first-order chi connectivity index (χ1) is 10.7. The molecule has 0 aliphatic rings. The molecule has 0 aliphatic carbocycles. The Morgan fingerprint density at radius 2 is 1.73 bits per heavy atom. The van der Waals surface area contributed by atoms with E-state index in [0.29, 0.717) is 31.0 Å². The average molecular weight is 309 g/mol. The predicted octanol–water partition coefficient (Wildman–Crippen LogP) is -0.223. The van der Waals surface area contributed by atoms with E-state index in [0.717, 1.165) is 6.54 Å². The lowest BCUT2D eigenvalue weighted by Gasteiger charge is -2.08. The minimum Gasteiger partial charge on any atom is -0.497 e. The first-order valence-corrected chi connectivity index (χ1v) is 7.06. The molecular formula is C15H23N3O4. The molecule has 0 saturated heterocycles. The van der Waals surface area contributed by atoms with Gasteiger partial charge in [-0.3, -0.25) is 9.59 Å². The van der Waals surface area contributed by atoms with E-state index in [9.17, 15) is 9.59 Å². The fraction of sp³-hybridized carbons (Fsp3) is 0.467. The predicted molar refractivity (Wildman–Crippen MR) is 83.1 cm³/mol. The number of nitrogens with one attached hydrogen (secondary N) is 3. The maximum absolute atomic E-state index is 11.8. The topological polar surface area (TPSA) is 88.7 Å². The summed E-state index contributed by atoms with van der Waals surface area (Å²) in [5, 5.41) is 8.38. The van der Waals surface area contributed by atoms with Gasteiger partial charge in [-0.2, -0.15) is 0 Å². The second-order valence-corrected chi connectivity index (χ2v) is 4.50. The highest BCUT2D eigenvalue weighted by molar-refractivity contribution is 5.96. The highest BCUT2D eigenvalue weighted by Crippen LogP contribution is 2.10. The molecule has 0 spiro atoms. The van der Waals surface area contributed by atoms with E-state index in [4.69, 9.17) is 9.47 Å². The van der Waals surface area contributed by atoms with Crippen molar-refractivity contribution in [3.8, 4) is 5.75 Å². The van der Waals surface area contributed by atoms with E-state index in [1.165, 1.54) is 0 Å². The van der Waals surface area contributed by atoms with Gasteiger partial charge in [-0.25, -0.2) is 0 Å². The van der Waals surface area contributed by atoms with Crippen molar-refractivity contribution in [2.45, 2.75) is 0 Å². The lowest BCUT2D eigenvalue weighted by Crippen LogP contribution is -2.39. The molecule has 0 bridgehead atoms. The average Bonchev–Trinajstić information content (AvgIpc) is 2.56. The normalized spacial score (nSPS) is 10.1. The van der Waals surface area contributed by atoms with Gasteiger partial charge in [0.05, 0.1) is 20.3 Å². The number of carbonyl (C=O) groups is 2. The first-order valence-electron chi connectivity index (χ1n) is 7.06. The summed E-state index contributed by atoms with van der Waals surface area (Å²) in [5.41, 5.74) is 0.481. The molecule has 7 nitrogen and oxygen atoms in total. The molecule has 1 aromatic rings. The minimum absolute atomic E-state index is 0.0526. The molecule has 0 aliphatic heterocycles. The van der Waals surface area contributed by atoms with Gasteiger partial charge in [0.1, 0.15) is 5.75 Å². The van der Waals surface area contributed by atoms with Gasteiger partial charge >= 0.3 is 0 Å². The summed E-state index contributed by atoms with van der Waals surface area (Å²) in [6, 6.07) is 6.68. The molecule has 0 unspecified atom stereocenters. The van der Waals surface area contributed by atoms with Crippen LogP contribution in [0.1, 0.15) is 10.4 Å². The Labute approximate surface area is 130 Å². The van der Waals surface area contributed by atoms with Crippen LogP contribution in [0.3, 0.4) is 0 Å². The molecule has 0 radical (unpaired) electrons. The van der Waals surface area contributed by atoms with Crippen molar-refractivity contribution in [2.75, 3.05) is 47.0 Å². The molecule has 0 saturated carbocycles. The third-order valence-electron chi connectivity index (χ3n) is 2.87. The Bertz CT molecular complexity index is 462. The molecule has 2 amide bonds. The van der Waals surface area contributed by atoms with Crippen molar-refractivity contribution < 1.29 is 19.1 Å². The minimum atomic E-state index is -0.295. The van der Waals surface area contributed by atoms with E-state index < -0.39 is 0 Å². The number of hydrogen-bond acceptors (Lipinski definition) is 5. The van der Waals surface area contributed by atoms with Crippen molar-refractivity contribution in [3.05, 3.63) is 29.8 Å². The van der Waals surface area contributed by atoms with E-state index in [1.807, 2.05) is 0 Å². The summed E-state index contributed by atoms with van der Waals surface area (Å²) in [6.45, 7) is 2.47. The second kappa shape index (κ2) is 10.6. The number of methoxy groups -OCH3 is 2.